The van der Waals surface area contributed by atoms with E-state index in [4.69, 9.17) is 40.2 Å². The molecule has 0 saturated carbocycles. The van der Waals surface area contributed by atoms with Gasteiger partial charge in [-0.1, -0.05) is 73.4 Å². The zero-order valence-corrected chi connectivity index (χ0v) is 23.2. The molecule has 0 bridgehead atoms. The minimum atomic E-state index is -0.696. The molecule has 0 fully saturated rings. The van der Waals surface area contributed by atoms with Crippen molar-refractivity contribution in [3.05, 3.63) is 94.0 Å². The number of hydrogen-bond acceptors (Lipinski definition) is 4. The second-order valence-electron chi connectivity index (χ2n) is 8.82. The Balaban J connectivity index is 1.72. The molecule has 0 radical (unpaired) electrons. The molecule has 0 heterocycles. The molecule has 3 aromatic carbocycles. The van der Waals surface area contributed by atoms with E-state index in [0.717, 1.165) is 11.3 Å². The summed E-state index contributed by atoms with van der Waals surface area (Å²) < 4.78 is 5.04. The molecular formula is C28H29Cl2N3O3S. The average Bonchev–Trinajstić information content (AvgIpc) is 2.87. The number of esters is 1. The second kappa shape index (κ2) is 13.4. The molecule has 2 N–H and O–H groups in total. The van der Waals surface area contributed by atoms with Crippen LogP contribution < -0.4 is 15.5 Å². The van der Waals surface area contributed by atoms with E-state index in [1.54, 1.807) is 30.3 Å². The number of amides is 1. The lowest BCUT2D eigenvalue weighted by Gasteiger charge is -2.30. The molecule has 0 aliphatic heterocycles. The van der Waals surface area contributed by atoms with E-state index < -0.39 is 17.9 Å². The van der Waals surface area contributed by atoms with Gasteiger partial charge in [0.25, 0.3) is 5.91 Å². The minimum Gasteiger partial charge on any atom is -0.467 e. The Morgan fingerprint density at radius 1 is 0.946 bits per heavy atom. The minimum absolute atomic E-state index is 0.211. The van der Waals surface area contributed by atoms with Crippen LogP contribution in [0, 0.1) is 5.92 Å². The number of thiocarbonyl (C=S) groups is 1. The van der Waals surface area contributed by atoms with Crippen LogP contribution in [0.1, 0.15) is 29.8 Å². The summed E-state index contributed by atoms with van der Waals surface area (Å²) in [7, 11) is 1.35. The van der Waals surface area contributed by atoms with E-state index in [1.165, 1.54) is 7.11 Å². The maximum absolute atomic E-state index is 12.7. The maximum atomic E-state index is 12.7. The zero-order valence-electron chi connectivity index (χ0n) is 20.8. The van der Waals surface area contributed by atoms with Gasteiger partial charge in [0.1, 0.15) is 6.04 Å². The summed E-state index contributed by atoms with van der Waals surface area (Å²) in [6, 6.07) is 21.1. The highest BCUT2D eigenvalue weighted by Gasteiger charge is 2.24. The first-order valence-corrected chi connectivity index (χ1v) is 12.9. The van der Waals surface area contributed by atoms with E-state index >= 15 is 0 Å². The lowest BCUT2D eigenvalue weighted by molar-refractivity contribution is -0.142. The highest BCUT2D eigenvalue weighted by molar-refractivity contribution is 7.80. The Bertz CT molecular complexity index is 1220. The molecule has 3 rings (SSSR count). The number of methoxy groups -OCH3 is 1. The Morgan fingerprint density at radius 2 is 1.57 bits per heavy atom. The topological polar surface area (TPSA) is 70.7 Å². The number of nitrogens with one attached hydrogen (secondary N) is 2. The third kappa shape index (κ3) is 7.92. The number of halogens is 2. The van der Waals surface area contributed by atoms with Crippen molar-refractivity contribution in [2.75, 3.05) is 23.9 Å². The zero-order chi connectivity index (χ0) is 26.9. The van der Waals surface area contributed by atoms with Crippen LogP contribution in [0.2, 0.25) is 10.0 Å². The van der Waals surface area contributed by atoms with Crippen molar-refractivity contribution < 1.29 is 14.3 Å². The first kappa shape index (κ1) is 28.4. The van der Waals surface area contributed by atoms with Gasteiger partial charge in [-0.25, -0.2) is 4.79 Å². The summed E-state index contributed by atoms with van der Waals surface area (Å²) in [4.78, 5) is 27.3. The van der Waals surface area contributed by atoms with Crippen molar-refractivity contribution in [1.82, 2.24) is 5.32 Å². The summed E-state index contributed by atoms with van der Waals surface area (Å²) >= 11 is 18.0. The Morgan fingerprint density at radius 3 is 2.14 bits per heavy atom. The molecule has 0 saturated heterocycles. The molecule has 1 atom stereocenters. The van der Waals surface area contributed by atoms with Gasteiger partial charge in [0.2, 0.25) is 0 Å². The predicted octanol–water partition coefficient (Wildman–Crippen LogP) is 6.37. The Hall–Kier alpha value is -3.13. The molecule has 3 aromatic rings. The molecule has 194 valence electrons. The number of rotatable bonds is 9. The summed E-state index contributed by atoms with van der Waals surface area (Å²) in [6.07, 6.45) is 0.335. The molecule has 0 aromatic heterocycles. The van der Waals surface area contributed by atoms with E-state index in [0.29, 0.717) is 29.7 Å². The molecule has 0 aliphatic carbocycles. The van der Waals surface area contributed by atoms with Gasteiger partial charge in [0.05, 0.1) is 22.7 Å². The van der Waals surface area contributed by atoms with Crippen LogP contribution in [-0.2, 0) is 16.0 Å². The maximum Gasteiger partial charge on any atom is 0.328 e. The smallest absolute Gasteiger partial charge is 0.328 e. The van der Waals surface area contributed by atoms with Gasteiger partial charge in [-0.3, -0.25) is 4.79 Å². The van der Waals surface area contributed by atoms with Crippen molar-refractivity contribution in [3.8, 4) is 0 Å². The van der Waals surface area contributed by atoms with Crippen molar-refractivity contribution in [2.24, 2.45) is 5.92 Å². The predicted molar refractivity (Wildman–Crippen MR) is 155 cm³/mol. The number of para-hydroxylation sites is 1. The Kier molecular flexibility index (Phi) is 10.3. The SMILES string of the molecule is COC(=O)[C@H](Cc1ccc(NC(=O)c2c(Cl)cccc2Cl)cc1)NC(=S)N(CC(C)C)c1ccccc1. The van der Waals surface area contributed by atoms with Crippen molar-refractivity contribution in [3.63, 3.8) is 0 Å². The van der Waals surface area contributed by atoms with Gasteiger partial charge in [-0.05, 0) is 60.1 Å². The average molecular weight is 559 g/mol. The number of ether oxygens (including phenoxy) is 1. The summed E-state index contributed by atoms with van der Waals surface area (Å²) in [5.74, 6) is -0.487. The van der Waals surface area contributed by atoms with Crippen LogP contribution in [0.25, 0.3) is 0 Å². The lowest BCUT2D eigenvalue weighted by atomic mass is 10.1. The monoisotopic (exact) mass is 557 g/mol. The lowest BCUT2D eigenvalue weighted by Crippen LogP contribution is -2.50. The molecule has 0 aliphatic rings. The fourth-order valence-electron chi connectivity index (χ4n) is 3.71. The summed E-state index contributed by atoms with van der Waals surface area (Å²) in [6.45, 7) is 4.90. The fourth-order valence-corrected chi connectivity index (χ4v) is 4.60. The second-order valence-corrected chi connectivity index (χ2v) is 10.0. The van der Waals surface area contributed by atoms with Crippen LogP contribution in [0.4, 0.5) is 11.4 Å². The molecule has 37 heavy (non-hydrogen) atoms. The Labute approximate surface area is 232 Å². The van der Waals surface area contributed by atoms with Crippen molar-refractivity contribution in [1.29, 1.82) is 0 Å². The van der Waals surface area contributed by atoms with Gasteiger partial charge in [0.15, 0.2) is 5.11 Å². The molecule has 1 amide bonds. The summed E-state index contributed by atoms with van der Waals surface area (Å²) in [5, 5.41) is 6.96. The third-order valence-corrected chi connectivity index (χ3v) is 6.45. The summed E-state index contributed by atoms with van der Waals surface area (Å²) in [5.41, 5.74) is 2.57. The number of nitrogens with zero attached hydrogens (tertiary/aromatic N) is 1. The largest absolute Gasteiger partial charge is 0.467 e. The molecule has 0 spiro atoms. The molecular weight excluding hydrogens is 529 g/mol. The quantitative estimate of drug-likeness (QED) is 0.235. The molecule has 6 nitrogen and oxygen atoms in total. The standard InChI is InChI=1S/C28H29Cl2N3O3S/c1-18(2)17-33(21-8-5-4-6-9-21)28(37)32-24(27(35)36-3)16-19-12-14-20(15-13-19)31-26(34)25-22(29)10-7-11-23(25)30/h4-15,18,24H,16-17H2,1-3H3,(H,31,34)(H,32,37)/t24-/m0/s1. The van der Waals surface area contributed by atoms with E-state index in [9.17, 15) is 9.59 Å². The number of benzene rings is 3. The number of hydrogen-bond donors (Lipinski definition) is 2. The highest BCUT2D eigenvalue weighted by Crippen LogP contribution is 2.25. The van der Waals surface area contributed by atoms with Crippen molar-refractivity contribution >= 4 is 63.8 Å². The van der Waals surface area contributed by atoms with Gasteiger partial charge in [-0.15, -0.1) is 0 Å². The van der Waals surface area contributed by atoms with E-state index in [-0.39, 0.29) is 15.6 Å². The molecule has 0 unspecified atom stereocenters. The van der Waals surface area contributed by atoms with Crippen LogP contribution >= 0.6 is 35.4 Å². The van der Waals surface area contributed by atoms with Crippen molar-refractivity contribution in [2.45, 2.75) is 26.3 Å². The van der Waals surface area contributed by atoms with Gasteiger partial charge >= 0.3 is 5.97 Å². The fraction of sp³-hybridized carbons (Fsp3) is 0.250. The normalized spacial score (nSPS) is 11.5. The third-order valence-electron chi connectivity index (χ3n) is 5.49. The van der Waals surface area contributed by atoms with Crippen LogP contribution in [0.3, 0.4) is 0 Å². The van der Waals surface area contributed by atoms with Crippen LogP contribution in [0.5, 0.6) is 0 Å². The van der Waals surface area contributed by atoms with Crippen LogP contribution in [0.15, 0.2) is 72.8 Å². The van der Waals surface area contributed by atoms with Gasteiger partial charge in [0, 0.05) is 24.3 Å². The van der Waals surface area contributed by atoms with E-state index in [2.05, 4.69) is 24.5 Å². The number of carbonyl (C=O) groups excluding carboxylic acids is 2. The molecule has 9 heteroatoms. The van der Waals surface area contributed by atoms with Gasteiger partial charge in [-0.2, -0.15) is 0 Å². The highest BCUT2D eigenvalue weighted by atomic mass is 35.5. The van der Waals surface area contributed by atoms with Gasteiger partial charge < -0.3 is 20.3 Å². The first-order chi connectivity index (χ1) is 17.7. The first-order valence-electron chi connectivity index (χ1n) is 11.7. The van der Waals surface area contributed by atoms with Crippen LogP contribution in [-0.4, -0.2) is 36.7 Å². The number of carbonyl (C=O) groups is 2. The van der Waals surface area contributed by atoms with E-state index in [1.807, 2.05) is 47.4 Å². The number of anilines is 2.